The van der Waals surface area contributed by atoms with Gasteiger partial charge in [-0.3, -0.25) is 0 Å². The zero-order valence-electron chi connectivity index (χ0n) is 12.1. The SMILES string of the molecule is C#C.CC.CN.NC(=S)OCCCc1ccccc1. The van der Waals surface area contributed by atoms with Crippen molar-refractivity contribution in [1.29, 1.82) is 0 Å². The van der Waals surface area contributed by atoms with Crippen LogP contribution in [0.1, 0.15) is 25.8 Å². The average Bonchev–Trinajstić information content (AvgIpc) is 2.51. The van der Waals surface area contributed by atoms with Gasteiger partial charge in [-0.2, -0.15) is 0 Å². The lowest BCUT2D eigenvalue weighted by atomic mass is 10.1. The minimum atomic E-state index is 0.132. The summed E-state index contributed by atoms with van der Waals surface area (Å²) in [6.07, 6.45) is 9.95. The Bertz CT molecular complexity index is 300. The number of aryl methyl sites for hydroxylation is 1. The number of thiocarbonyl (C=S) groups is 1. The number of terminal acetylenes is 1. The summed E-state index contributed by atoms with van der Waals surface area (Å²) in [5.41, 5.74) is 11.0. The third-order valence-corrected chi connectivity index (χ3v) is 1.81. The summed E-state index contributed by atoms with van der Waals surface area (Å²) in [5.74, 6) is 0. The van der Waals surface area contributed by atoms with Crippen LogP contribution >= 0.6 is 12.2 Å². The van der Waals surface area contributed by atoms with Crippen molar-refractivity contribution >= 4 is 17.4 Å². The highest BCUT2D eigenvalue weighted by atomic mass is 32.1. The monoisotopic (exact) mass is 282 g/mol. The fourth-order valence-corrected chi connectivity index (χ4v) is 1.18. The van der Waals surface area contributed by atoms with E-state index in [1.165, 1.54) is 12.6 Å². The fourth-order valence-electron chi connectivity index (χ4n) is 1.09. The molecule has 0 aliphatic carbocycles. The molecule has 0 aliphatic rings. The predicted molar refractivity (Wildman–Crippen MR) is 88.8 cm³/mol. The predicted octanol–water partition coefficient (Wildman–Crippen LogP) is 2.73. The molecule has 3 nitrogen and oxygen atoms in total. The molecule has 0 aromatic heterocycles. The second kappa shape index (κ2) is 21.7. The van der Waals surface area contributed by atoms with Crippen LogP contribution in [-0.4, -0.2) is 18.8 Å². The van der Waals surface area contributed by atoms with Gasteiger partial charge < -0.3 is 16.2 Å². The van der Waals surface area contributed by atoms with E-state index in [0.717, 1.165) is 12.8 Å². The van der Waals surface area contributed by atoms with Crippen LogP contribution in [0, 0.1) is 12.8 Å². The summed E-state index contributed by atoms with van der Waals surface area (Å²) < 4.78 is 4.97. The van der Waals surface area contributed by atoms with Gasteiger partial charge in [0.15, 0.2) is 0 Å². The lowest BCUT2D eigenvalue weighted by molar-refractivity contribution is 0.302. The Hall–Kier alpha value is -1.57. The summed E-state index contributed by atoms with van der Waals surface area (Å²) in [7, 11) is 1.50. The number of benzene rings is 1. The van der Waals surface area contributed by atoms with E-state index in [9.17, 15) is 0 Å². The van der Waals surface area contributed by atoms with Crippen LogP contribution in [0.15, 0.2) is 30.3 Å². The molecule has 0 saturated heterocycles. The average molecular weight is 282 g/mol. The maximum Gasteiger partial charge on any atom is 0.253 e. The van der Waals surface area contributed by atoms with Crippen LogP contribution in [0.2, 0.25) is 0 Å². The van der Waals surface area contributed by atoms with Gasteiger partial charge >= 0.3 is 0 Å². The van der Waals surface area contributed by atoms with Gasteiger partial charge in [-0.05, 0) is 37.7 Å². The minimum absolute atomic E-state index is 0.132. The van der Waals surface area contributed by atoms with Crippen molar-refractivity contribution in [2.75, 3.05) is 13.7 Å². The standard InChI is InChI=1S/C10H13NOS.C2H6.C2H2.CH5N/c11-10(13)12-8-4-7-9-5-2-1-3-6-9;3*1-2/h1-3,5-6H,4,7-8H2,(H2,11,13);1-2H3;1-2H;2H2,1H3. The summed E-state index contributed by atoms with van der Waals surface area (Å²) in [4.78, 5) is 0. The molecule has 0 fully saturated rings. The first-order valence-electron chi connectivity index (χ1n) is 6.16. The molecule has 0 saturated carbocycles. The van der Waals surface area contributed by atoms with Gasteiger partial charge in [0.05, 0.1) is 6.61 Å². The Labute approximate surface area is 123 Å². The van der Waals surface area contributed by atoms with Crippen LogP contribution in [0.5, 0.6) is 0 Å². The maximum atomic E-state index is 5.18. The van der Waals surface area contributed by atoms with Crippen molar-refractivity contribution in [2.45, 2.75) is 26.7 Å². The second-order valence-corrected chi connectivity index (χ2v) is 3.16. The van der Waals surface area contributed by atoms with E-state index >= 15 is 0 Å². The van der Waals surface area contributed by atoms with Gasteiger partial charge in [-0.15, -0.1) is 12.8 Å². The molecule has 0 amide bonds. The van der Waals surface area contributed by atoms with Gasteiger partial charge in [-0.25, -0.2) is 0 Å². The number of hydrogen-bond donors (Lipinski definition) is 2. The summed E-state index contributed by atoms with van der Waals surface area (Å²) in [6.45, 7) is 4.60. The molecule has 19 heavy (non-hydrogen) atoms. The summed E-state index contributed by atoms with van der Waals surface area (Å²) in [6, 6.07) is 10.3. The Balaban J connectivity index is -0.000000375. The number of rotatable bonds is 4. The molecule has 1 rings (SSSR count). The lowest BCUT2D eigenvalue weighted by Crippen LogP contribution is -2.13. The third-order valence-electron chi connectivity index (χ3n) is 1.70. The van der Waals surface area contributed by atoms with Gasteiger partial charge in [0.25, 0.3) is 5.17 Å². The van der Waals surface area contributed by atoms with E-state index in [1.54, 1.807) is 0 Å². The Morgan fingerprint density at radius 3 is 2.05 bits per heavy atom. The first-order chi connectivity index (χ1) is 9.29. The van der Waals surface area contributed by atoms with E-state index in [0.29, 0.717) is 6.61 Å². The largest absolute Gasteiger partial charge is 0.471 e. The fraction of sp³-hybridized carbons (Fsp3) is 0.400. The Morgan fingerprint density at radius 1 is 1.16 bits per heavy atom. The molecule has 108 valence electrons. The topological polar surface area (TPSA) is 61.3 Å². The summed E-state index contributed by atoms with van der Waals surface area (Å²) in [5, 5.41) is 0.132. The molecule has 0 heterocycles. The maximum absolute atomic E-state index is 5.18. The number of hydrogen-bond acceptors (Lipinski definition) is 3. The second-order valence-electron chi connectivity index (χ2n) is 2.76. The van der Waals surface area contributed by atoms with Crippen molar-refractivity contribution in [2.24, 2.45) is 11.5 Å². The smallest absolute Gasteiger partial charge is 0.253 e. The van der Waals surface area contributed by atoms with Crippen LogP contribution in [0.3, 0.4) is 0 Å². The van der Waals surface area contributed by atoms with E-state index in [2.05, 4.69) is 42.9 Å². The van der Waals surface area contributed by atoms with Gasteiger partial charge in [0.1, 0.15) is 0 Å². The summed E-state index contributed by atoms with van der Waals surface area (Å²) >= 11 is 4.58. The molecule has 0 spiro atoms. The molecular weight excluding hydrogens is 256 g/mol. The van der Waals surface area contributed by atoms with E-state index < -0.39 is 0 Å². The number of ether oxygens (including phenoxy) is 1. The molecule has 1 aromatic rings. The van der Waals surface area contributed by atoms with Gasteiger partial charge in [0.2, 0.25) is 0 Å². The quantitative estimate of drug-likeness (QED) is 0.506. The van der Waals surface area contributed by atoms with Crippen LogP contribution in [0.25, 0.3) is 0 Å². The molecule has 0 radical (unpaired) electrons. The van der Waals surface area contributed by atoms with Crippen LogP contribution in [-0.2, 0) is 11.2 Å². The highest BCUT2D eigenvalue weighted by Gasteiger charge is 1.92. The van der Waals surface area contributed by atoms with Crippen molar-refractivity contribution in [3.05, 3.63) is 35.9 Å². The van der Waals surface area contributed by atoms with E-state index in [1.807, 2.05) is 32.0 Å². The first-order valence-corrected chi connectivity index (χ1v) is 6.57. The zero-order chi connectivity index (χ0) is 15.5. The molecule has 0 unspecified atom stereocenters. The highest BCUT2D eigenvalue weighted by Crippen LogP contribution is 2.01. The third kappa shape index (κ3) is 19.0. The molecular formula is C15H26N2OS. The van der Waals surface area contributed by atoms with Crippen molar-refractivity contribution < 1.29 is 4.74 Å². The van der Waals surface area contributed by atoms with E-state index in [4.69, 9.17) is 10.5 Å². The molecule has 0 aliphatic heterocycles. The highest BCUT2D eigenvalue weighted by molar-refractivity contribution is 7.80. The zero-order valence-corrected chi connectivity index (χ0v) is 13.0. The molecule has 0 atom stereocenters. The number of nitrogens with two attached hydrogens (primary N) is 2. The molecule has 4 heteroatoms. The molecule has 4 N–H and O–H groups in total. The van der Waals surface area contributed by atoms with Crippen LogP contribution < -0.4 is 11.5 Å². The van der Waals surface area contributed by atoms with Crippen molar-refractivity contribution in [1.82, 2.24) is 0 Å². The first kappa shape index (κ1) is 22.6. The Kier molecular flexibility index (Phi) is 25.8. The van der Waals surface area contributed by atoms with Gasteiger partial charge in [-0.1, -0.05) is 44.2 Å². The Morgan fingerprint density at radius 2 is 1.63 bits per heavy atom. The minimum Gasteiger partial charge on any atom is -0.471 e. The van der Waals surface area contributed by atoms with Gasteiger partial charge in [0, 0.05) is 0 Å². The van der Waals surface area contributed by atoms with Crippen LogP contribution in [0.4, 0.5) is 0 Å². The molecule has 1 aromatic carbocycles. The van der Waals surface area contributed by atoms with E-state index in [-0.39, 0.29) is 5.17 Å². The normalized spacial score (nSPS) is 7.26. The van der Waals surface area contributed by atoms with Crippen molar-refractivity contribution in [3.63, 3.8) is 0 Å². The molecule has 0 bridgehead atoms. The van der Waals surface area contributed by atoms with Crippen molar-refractivity contribution in [3.8, 4) is 12.8 Å². The lowest BCUT2D eigenvalue weighted by Gasteiger charge is -2.02.